The van der Waals surface area contributed by atoms with Crippen molar-refractivity contribution in [3.63, 3.8) is 0 Å². The molecule has 0 radical (unpaired) electrons. The van der Waals surface area contributed by atoms with Gasteiger partial charge in [0.1, 0.15) is 5.82 Å². The summed E-state index contributed by atoms with van der Waals surface area (Å²) in [5.41, 5.74) is 1.92. The zero-order valence-electron chi connectivity index (χ0n) is 12.0. The molecule has 0 aliphatic carbocycles. The summed E-state index contributed by atoms with van der Waals surface area (Å²) in [6, 6.07) is 8.87. The Kier molecular flexibility index (Phi) is 4.92. The molecule has 22 heavy (non-hydrogen) atoms. The highest BCUT2D eigenvalue weighted by Crippen LogP contribution is 2.22. The number of hydrogen-bond donors (Lipinski definition) is 2. The topological polar surface area (TPSA) is 58.2 Å². The van der Waals surface area contributed by atoms with Crippen molar-refractivity contribution in [2.45, 2.75) is 6.92 Å². The summed E-state index contributed by atoms with van der Waals surface area (Å²) in [5, 5.41) is 5.22. The molecule has 0 aromatic heterocycles. The Morgan fingerprint density at radius 1 is 1.09 bits per heavy atom. The van der Waals surface area contributed by atoms with E-state index in [1.807, 2.05) is 6.92 Å². The molecule has 0 spiro atoms. The zero-order chi connectivity index (χ0) is 16.3. The van der Waals surface area contributed by atoms with Crippen LogP contribution in [-0.2, 0) is 0 Å². The van der Waals surface area contributed by atoms with Crippen molar-refractivity contribution < 1.29 is 14.0 Å². The minimum Gasteiger partial charge on any atom is -0.355 e. The standard InChI is InChI=1S/C16H14BrFN2O2/c1-9-3-4-10(15(21)19-2)7-14(9)20-16(22)12-8-11(18)5-6-13(12)17/h3-8H,1-2H3,(H,19,21)(H,20,22). The average Bonchev–Trinajstić information content (AvgIpc) is 2.50. The minimum absolute atomic E-state index is 0.185. The first-order valence-electron chi connectivity index (χ1n) is 6.51. The number of benzene rings is 2. The molecule has 0 aliphatic rings. The number of hydrogen-bond acceptors (Lipinski definition) is 2. The Morgan fingerprint density at radius 3 is 2.50 bits per heavy atom. The summed E-state index contributed by atoms with van der Waals surface area (Å²) in [7, 11) is 1.53. The zero-order valence-corrected chi connectivity index (χ0v) is 13.6. The van der Waals surface area contributed by atoms with E-state index in [2.05, 4.69) is 26.6 Å². The maximum absolute atomic E-state index is 13.3. The lowest BCUT2D eigenvalue weighted by atomic mass is 10.1. The highest BCUT2D eigenvalue weighted by Gasteiger charge is 2.14. The van der Waals surface area contributed by atoms with Crippen LogP contribution in [0.15, 0.2) is 40.9 Å². The number of carbonyl (C=O) groups excluding carboxylic acids is 2. The van der Waals surface area contributed by atoms with E-state index in [0.29, 0.717) is 15.7 Å². The van der Waals surface area contributed by atoms with Gasteiger partial charge in [-0.1, -0.05) is 6.07 Å². The lowest BCUT2D eigenvalue weighted by Gasteiger charge is -2.11. The third kappa shape index (κ3) is 3.51. The Morgan fingerprint density at radius 2 is 1.82 bits per heavy atom. The van der Waals surface area contributed by atoms with Crippen LogP contribution in [0.5, 0.6) is 0 Å². The lowest BCUT2D eigenvalue weighted by Crippen LogP contribution is -2.19. The van der Waals surface area contributed by atoms with Gasteiger partial charge in [0.15, 0.2) is 0 Å². The molecule has 0 bridgehead atoms. The highest BCUT2D eigenvalue weighted by atomic mass is 79.9. The van der Waals surface area contributed by atoms with Gasteiger partial charge >= 0.3 is 0 Å². The second-order valence-corrected chi connectivity index (χ2v) is 5.54. The van der Waals surface area contributed by atoms with E-state index >= 15 is 0 Å². The second kappa shape index (κ2) is 6.70. The third-order valence-electron chi connectivity index (χ3n) is 3.15. The van der Waals surface area contributed by atoms with Crippen LogP contribution in [0, 0.1) is 12.7 Å². The minimum atomic E-state index is -0.496. The van der Waals surface area contributed by atoms with E-state index < -0.39 is 11.7 Å². The number of anilines is 1. The average molecular weight is 365 g/mol. The Balaban J connectivity index is 2.32. The molecule has 2 aromatic carbocycles. The summed E-state index contributed by atoms with van der Waals surface area (Å²) in [6.07, 6.45) is 0. The number of amides is 2. The summed E-state index contributed by atoms with van der Waals surface area (Å²) >= 11 is 3.22. The van der Waals surface area contributed by atoms with E-state index in [1.165, 1.54) is 19.2 Å². The SMILES string of the molecule is CNC(=O)c1ccc(C)c(NC(=O)c2cc(F)ccc2Br)c1. The van der Waals surface area contributed by atoms with Gasteiger partial charge in [-0.15, -0.1) is 0 Å². The number of carbonyl (C=O) groups is 2. The molecule has 2 aromatic rings. The number of halogens is 2. The van der Waals surface area contributed by atoms with Crippen LogP contribution in [0.3, 0.4) is 0 Å². The first-order valence-corrected chi connectivity index (χ1v) is 7.31. The Labute approximate surface area is 135 Å². The molecule has 2 N–H and O–H groups in total. The fraction of sp³-hybridized carbons (Fsp3) is 0.125. The van der Waals surface area contributed by atoms with Gasteiger partial charge in [-0.3, -0.25) is 9.59 Å². The molecular weight excluding hydrogens is 351 g/mol. The summed E-state index contributed by atoms with van der Waals surface area (Å²) in [4.78, 5) is 23.9. The monoisotopic (exact) mass is 364 g/mol. The first-order chi connectivity index (χ1) is 10.4. The third-order valence-corrected chi connectivity index (χ3v) is 3.84. The molecule has 2 amide bonds. The maximum atomic E-state index is 13.3. The summed E-state index contributed by atoms with van der Waals surface area (Å²) in [5.74, 6) is -1.20. The Bertz CT molecular complexity index is 747. The molecule has 0 unspecified atom stereocenters. The number of aryl methyl sites for hydroxylation is 1. The van der Waals surface area contributed by atoms with Gasteiger partial charge in [0.25, 0.3) is 11.8 Å². The summed E-state index contributed by atoms with van der Waals surface area (Å²) in [6.45, 7) is 1.81. The van der Waals surface area contributed by atoms with Crippen molar-refractivity contribution in [1.29, 1.82) is 0 Å². The largest absolute Gasteiger partial charge is 0.355 e. The first kappa shape index (κ1) is 16.2. The predicted octanol–water partition coefficient (Wildman–Crippen LogP) is 3.51. The van der Waals surface area contributed by atoms with Crippen LogP contribution >= 0.6 is 15.9 Å². The van der Waals surface area contributed by atoms with Crippen LogP contribution in [0.4, 0.5) is 10.1 Å². The molecule has 0 aliphatic heterocycles. The van der Waals surface area contributed by atoms with Gasteiger partial charge in [0.05, 0.1) is 5.56 Å². The molecule has 114 valence electrons. The van der Waals surface area contributed by atoms with E-state index in [9.17, 15) is 14.0 Å². The second-order valence-electron chi connectivity index (χ2n) is 4.69. The van der Waals surface area contributed by atoms with Crippen molar-refractivity contribution in [3.05, 3.63) is 63.4 Å². The van der Waals surface area contributed by atoms with Crippen LogP contribution in [0.25, 0.3) is 0 Å². The van der Waals surface area contributed by atoms with E-state index in [4.69, 9.17) is 0 Å². The van der Waals surface area contributed by atoms with Gasteiger partial charge in [0.2, 0.25) is 0 Å². The lowest BCUT2D eigenvalue weighted by molar-refractivity contribution is 0.0961. The fourth-order valence-electron chi connectivity index (χ4n) is 1.90. The quantitative estimate of drug-likeness (QED) is 0.875. The fourth-order valence-corrected chi connectivity index (χ4v) is 2.33. The van der Waals surface area contributed by atoms with Crippen molar-refractivity contribution in [3.8, 4) is 0 Å². The molecule has 0 atom stereocenters. The highest BCUT2D eigenvalue weighted by molar-refractivity contribution is 9.10. The summed E-state index contributed by atoms with van der Waals surface area (Å²) < 4.78 is 13.8. The molecule has 0 heterocycles. The van der Waals surface area contributed by atoms with Gasteiger partial charge in [-0.25, -0.2) is 4.39 Å². The van der Waals surface area contributed by atoms with Crippen molar-refractivity contribution in [2.24, 2.45) is 0 Å². The number of nitrogens with one attached hydrogen (secondary N) is 2. The molecule has 0 saturated carbocycles. The molecule has 2 rings (SSSR count). The number of rotatable bonds is 3. The van der Waals surface area contributed by atoms with Gasteiger partial charge in [-0.2, -0.15) is 0 Å². The smallest absolute Gasteiger partial charge is 0.256 e. The van der Waals surface area contributed by atoms with E-state index in [0.717, 1.165) is 11.6 Å². The van der Waals surface area contributed by atoms with Gasteiger partial charge in [0, 0.05) is 22.8 Å². The van der Waals surface area contributed by atoms with Gasteiger partial charge in [-0.05, 0) is 58.7 Å². The maximum Gasteiger partial charge on any atom is 0.256 e. The van der Waals surface area contributed by atoms with Crippen molar-refractivity contribution in [2.75, 3.05) is 12.4 Å². The normalized spacial score (nSPS) is 10.2. The van der Waals surface area contributed by atoms with Gasteiger partial charge < -0.3 is 10.6 Å². The van der Waals surface area contributed by atoms with Crippen LogP contribution in [0.2, 0.25) is 0 Å². The van der Waals surface area contributed by atoms with Crippen LogP contribution in [-0.4, -0.2) is 18.9 Å². The Hall–Kier alpha value is -2.21. The predicted molar refractivity (Wildman–Crippen MR) is 86.6 cm³/mol. The molecule has 0 fully saturated rings. The molecular formula is C16H14BrFN2O2. The molecule has 6 heteroatoms. The van der Waals surface area contributed by atoms with Crippen molar-refractivity contribution in [1.82, 2.24) is 5.32 Å². The van der Waals surface area contributed by atoms with E-state index in [1.54, 1.807) is 18.2 Å². The molecule has 4 nitrogen and oxygen atoms in total. The van der Waals surface area contributed by atoms with Crippen LogP contribution in [0.1, 0.15) is 26.3 Å². The molecule has 0 saturated heterocycles. The van der Waals surface area contributed by atoms with Crippen molar-refractivity contribution >= 4 is 33.4 Å². The van der Waals surface area contributed by atoms with Crippen LogP contribution < -0.4 is 10.6 Å². The van der Waals surface area contributed by atoms with E-state index in [-0.39, 0.29) is 11.5 Å².